The second-order valence-electron chi connectivity index (χ2n) is 8.02. The second-order valence-corrected chi connectivity index (χ2v) is 8.94. The van der Waals surface area contributed by atoms with Crippen LogP contribution in [0.3, 0.4) is 0 Å². The first-order valence-electron chi connectivity index (χ1n) is 9.66. The third kappa shape index (κ3) is 3.46. The van der Waals surface area contributed by atoms with Gasteiger partial charge in [-0.05, 0) is 29.3 Å². The molecule has 1 aliphatic rings. The van der Waals surface area contributed by atoms with Crippen LogP contribution in [-0.2, 0) is 5.41 Å². The molecule has 0 spiro atoms. The molecule has 0 saturated heterocycles. The lowest BCUT2D eigenvalue weighted by Gasteiger charge is -2.32. The molecule has 5 nitrogen and oxygen atoms in total. The Hall–Kier alpha value is -2.60. The number of hydrogen-bond donors (Lipinski definition) is 0. The fraction of sp³-hybridized carbons (Fsp3) is 0.304. The first-order chi connectivity index (χ1) is 13.8. The van der Waals surface area contributed by atoms with Crippen molar-refractivity contribution in [3.05, 3.63) is 79.9 Å². The molecule has 2 heterocycles. The van der Waals surface area contributed by atoms with Crippen LogP contribution in [0.1, 0.15) is 49.8 Å². The van der Waals surface area contributed by atoms with Gasteiger partial charge in [-0.2, -0.15) is 0 Å². The van der Waals surface area contributed by atoms with Gasteiger partial charge in [0.15, 0.2) is 0 Å². The molecule has 1 atom stereocenters. The summed E-state index contributed by atoms with van der Waals surface area (Å²) in [4.78, 5) is 20.2. The molecule has 0 amide bonds. The molecule has 0 bridgehead atoms. The molecule has 6 heteroatoms. The predicted octanol–water partition coefficient (Wildman–Crippen LogP) is 6.18. The maximum Gasteiger partial charge on any atom is 0.291 e. The van der Waals surface area contributed by atoms with Crippen LogP contribution in [0.4, 0.5) is 5.69 Å². The molecule has 148 valence electrons. The van der Waals surface area contributed by atoms with E-state index in [1.807, 2.05) is 25.1 Å². The van der Waals surface area contributed by atoms with Gasteiger partial charge in [0.2, 0.25) is 0 Å². The van der Waals surface area contributed by atoms with E-state index in [4.69, 9.17) is 0 Å². The molecule has 0 aliphatic carbocycles. The summed E-state index contributed by atoms with van der Waals surface area (Å²) in [5.41, 5.74) is 4.90. The van der Waals surface area contributed by atoms with E-state index >= 15 is 0 Å². The lowest BCUT2D eigenvalue weighted by molar-refractivity contribution is -0.385. The van der Waals surface area contributed by atoms with Gasteiger partial charge in [0.25, 0.3) is 5.69 Å². The first kappa shape index (κ1) is 19.7. The molecule has 2 aromatic carbocycles. The van der Waals surface area contributed by atoms with E-state index in [9.17, 15) is 10.1 Å². The minimum absolute atomic E-state index is 0.0522. The van der Waals surface area contributed by atoms with Gasteiger partial charge in [-0.25, -0.2) is 4.98 Å². The molecule has 4 rings (SSSR count). The highest BCUT2D eigenvalue weighted by Crippen LogP contribution is 2.38. The number of nitro groups is 1. The highest BCUT2D eigenvalue weighted by molar-refractivity contribution is 9.10. The number of benzene rings is 2. The smallest absolute Gasteiger partial charge is 0.291 e. The van der Waals surface area contributed by atoms with Gasteiger partial charge in [0.1, 0.15) is 6.20 Å². The lowest BCUT2D eigenvalue weighted by Crippen LogP contribution is -2.34. The van der Waals surface area contributed by atoms with Gasteiger partial charge < -0.3 is 0 Å². The molecule has 1 unspecified atom stereocenters. The SMILES string of the molecule is CC(c1ccc(C(C)(C)C2=NCC2)cc1)c1c([N+](=O)[O-])cnc2ccc(Br)cc12. The number of pyridine rings is 1. The maximum absolute atomic E-state index is 11.7. The summed E-state index contributed by atoms with van der Waals surface area (Å²) < 4.78 is 0.874. The number of nitrogens with zero attached hydrogens (tertiary/aromatic N) is 3. The van der Waals surface area contributed by atoms with E-state index in [1.54, 1.807) is 0 Å². The number of aromatic nitrogens is 1. The molecule has 0 N–H and O–H groups in total. The Morgan fingerprint density at radius 2 is 1.86 bits per heavy atom. The molecule has 0 saturated carbocycles. The van der Waals surface area contributed by atoms with Crippen molar-refractivity contribution in [1.29, 1.82) is 0 Å². The zero-order valence-electron chi connectivity index (χ0n) is 16.6. The third-order valence-corrected chi connectivity index (χ3v) is 6.48. The predicted molar refractivity (Wildman–Crippen MR) is 120 cm³/mol. The van der Waals surface area contributed by atoms with Crippen molar-refractivity contribution >= 4 is 38.2 Å². The topological polar surface area (TPSA) is 68.4 Å². The molecule has 0 fully saturated rings. The Bertz CT molecular complexity index is 1140. The largest absolute Gasteiger partial charge is 0.293 e. The maximum atomic E-state index is 11.7. The number of aliphatic imine (C=N–C) groups is 1. The quantitative estimate of drug-likeness (QED) is 0.343. The van der Waals surface area contributed by atoms with Gasteiger partial charge in [-0.1, -0.05) is 61.0 Å². The van der Waals surface area contributed by atoms with Crippen LogP contribution < -0.4 is 0 Å². The van der Waals surface area contributed by atoms with Crippen LogP contribution in [0.15, 0.2) is 58.1 Å². The van der Waals surface area contributed by atoms with Gasteiger partial charge in [-0.15, -0.1) is 0 Å². The van der Waals surface area contributed by atoms with E-state index in [-0.39, 0.29) is 21.9 Å². The van der Waals surface area contributed by atoms with Crippen molar-refractivity contribution in [2.45, 2.75) is 38.5 Å². The number of rotatable bonds is 5. The molecule has 1 aromatic heterocycles. The lowest BCUT2D eigenvalue weighted by atomic mass is 9.76. The molecule has 3 aromatic rings. The normalized spacial score (nSPS) is 15.0. The molecule has 29 heavy (non-hydrogen) atoms. The molecule has 0 radical (unpaired) electrons. The second kappa shape index (κ2) is 7.34. The average molecular weight is 452 g/mol. The van der Waals surface area contributed by atoms with Crippen molar-refractivity contribution in [3.63, 3.8) is 0 Å². The minimum Gasteiger partial charge on any atom is -0.293 e. The van der Waals surface area contributed by atoms with E-state index in [2.05, 4.69) is 64.0 Å². The van der Waals surface area contributed by atoms with Crippen molar-refractivity contribution in [3.8, 4) is 0 Å². The summed E-state index contributed by atoms with van der Waals surface area (Å²) in [6, 6.07) is 14.1. The van der Waals surface area contributed by atoms with Crippen molar-refractivity contribution < 1.29 is 4.92 Å². The summed E-state index contributed by atoms with van der Waals surface area (Å²) in [5, 5.41) is 12.5. The van der Waals surface area contributed by atoms with Crippen molar-refractivity contribution in [1.82, 2.24) is 4.98 Å². The summed E-state index contributed by atoms with van der Waals surface area (Å²) in [5.74, 6) is -0.145. The van der Waals surface area contributed by atoms with Crippen LogP contribution in [0.2, 0.25) is 0 Å². The third-order valence-electron chi connectivity index (χ3n) is 5.99. The monoisotopic (exact) mass is 451 g/mol. The fourth-order valence-corrected chi connectivity index (χ4v) is 4.39. The number of halogens is 1. The summed E-state index contributed by atoms with van der Waals surface area (Å²) in [6.45, 7) is 7.32. The highest BCUT2D eigenvalue weighted by Gasteiger charge is 2.30. The Kier molecular flexibility index (Phi) is 4.99. The standard InChI is InChI=1S/C23H22BrN3O2/c1-14(15-4-6-16(7-5-15)23(2,3)21-10-11-25-21)22-18-12-17(24)8-9-19(18)26-13-20(22)27(28)29/h4-9,12-14H,10-11H2,1-3H3. The van der Waals surface area contributed by atoms with Crippen LogP contribution in [0.5, 0.6) is 0 Å². The van der Waals surface area contributed by atoms with Crippen LogP contribution >= 0.6 is 15.9 Å². The molecular weight excluding hydrogens is 430 g/mol. The highest BCUT2D eigenvalue weighted by atomic mass is 79.9. The van der Waals surface area contributed by atoms with Gasteiger partial charge >= 0.3 is 0 Å². The van der Waals surface area contributed by atoms with E-state index in [1.165, 1.54) is 17.5 Å². The Labute approximate surface area is 178 Å². The van der Waals surface area contributed by atoms with Crippen LogP contribution in [0.25, 0.3) is 10.9 Å². The van der Waals surface area contributed by atoms with Gasteiger partial charge in [-0.3, -0.25) is 15.1 Å². The Morgan fingerprint density at radius 1 is 1.17 bits per heavy atom. The van der Waals surface area contributed by atoms with E-state index < -0.39 is 0 Å². The fourth-order valence-electron chi connectivity index (χ4n) is 4.03. The van der Waals surface area contributed by atoms with Crippen LogP contribution in [0, 0.1) is 10.1 Å². The Balaban J connectivity index is 1.79. The van der Waals surface area contributed by atoms with Gasteiger partial charge in [0, 0.05) is 45.4 Å². The minimum atomic E-state index is -0.342. The van der Waals surface area contributed by atoms with E-state index in [0.29, 0.717) is 5.56 Å². The molecular formula is C23H22BrN3O2. The van der Waals surface area contributed by atoms with Crippen molar-refractivity contribution in [2.24, 2.45) is 4.99 Å². The summed E-state index contributed by atoms with van der Waals surface area (Å²) in [7, 11) is 0. The summed E-state index contributed by atoms with van der Waals surface area (Å²) in [6.07, 6.45) is 2.42. The number of hydrogen-bond acceptors (Lipinski definition) is 4. The zero-order chi connectivity index (χ0) is 20.8. The average Bonchev–Trinajstić information content (AvgIpc) is 2.64. The zero-order valence-corrected chi connectivity index (χ0v) is 18.2. The van der Waals surface area contributed by atoms with Crippen molar-refractivity contribution in [2.75, 3.05) is 6.54 Å². The van der Waals surface area contributed by atoms with E-state index in [0.717, 1.165) is 33.9 Å². The molecule has 1 aliphatic heterocycles. The summed E-state index contributed by atoms with van der Waals surface area (Å²) >= 11 is 3.48. The number of fused-ring (bicyclic) bond motifs is 1. The van der Waals surface area contributed by atoms with Gasteiger partial charge in [0.05, 0.1) is 10.4 Å². The first-order valence-corrected chi connectivity index (χ1v) is 10.4. The van der Waals surface area contributed by atoms with Crippen LogP contribution in [-0.4, -0.2) is 22.2 Å². The Morgan fingerprint density at radius 3 is 2.45 bits per heavy atom.